The number of aromatic nitrogens is 2. The molecule has 112 valence electrons. The number of amides is 1. The number of pyridine rings is 1. The van der Waals surface area contributed by atoms with E-state index < -0.39 is 0 Å². The van der Waals surface area contributed by atoms with Crippen molar-refractivity contribution in [3.63, 3.8) is 0 Å². The maximum atomic E-state index is 12.2. The fourth-order valence-corrected chi connectivity index (χ4v) is 3.11. The Hall–Kier alpha value is -1.88. The van der Waals surface area contributed by atoms with Crippen LogP contribution in [0.3, 0.4) is 0 Å². The predicted octanol–water partition coefficient (Wildman–Crippen LogP) is 1.54. The Kier molecular flexibility index (Phi) is 4.20. The minimum Gasteiger partial charge on any atom is -0.396 e. The van der Waals surface area contributed by atoms with Crippen molar-refractivity contribution in [2.24, 2.45) is 5.92 Å². The third-order valence-corrected chi connectivity index (χ3v) is 4.25. The first kappa shape index (κ1) is 14.1. The molecule has 5 nitrogen and oxygen atoms in total. The summed E-state index contributed by atoms with van der Waals surface area (Å²) < 4.78 is 1.92. The summed E-state index contributed by atoms with van der Waals surface area (Å²) in [6.07, 6.45) is 8.32. The second-order valence-electron chi connectivity index (χ2n) is 5.78. The van der Waals surface area contributed by atoms with E-state index in [-0.39, 0.29) is 30.9 Å². The summed E-state index contributed by atoms with van der Waals surface area (Å²) in [5.74, 6) is 0.188. The molecule has 2 aromatic rings. The van der Waals surface area contributed by atoms with E-state index in [0.29, 0.717) is 0 Å². The number of carbonyl (C=O) groups is 1. The molecule has 1 amide bonds. The Morgan fingerprint density at radius 1 is 1.38 bits per heavy atom. The monoisotopic (exact) mass is 287 g/mol. The number of hydrogen-bond acceptors (Lipinski definition) is 3. The Labute approximate surface area is 124 Å². The van der Waals surface area contributed by atoms with Crippen LogP contribution >= 0.6 is 0 Å². The molecule has 1 saturated carbocycles. The number of rotatable bonds is 4. The lowest BCUT2D eigenvalue weighted by Gasteiger charge is -2.30. The van der Waals surface area contributed by atoms with Gasteiger partial charge < -0.3 is 14.8 Å². The second kappa shape index (κ2) is 6.26. The van der Waals surface area contributed by atoms with Gasteiger partial charge in [0.15, 0.2) is 0 Å². The zero-order chi connectivity index (χ0) is 14.7. The summed E-state index contributed by atoms with van der Waals surface area (Å²) in [5, 5.41) is 12.5. The first-order valence-electron chi connectivity index (χ1n) is 7.59. The zero-order valence-electron chi connectivity index (χ0n) is 12.0. The summed E-state index contributed by atoms with van der Waals surface area (Å²) in [6.45, 7) is 0.152. The van der Waals surface area contributed by atoms with Crippen LogP contribution in [-0.4, -0.2) is 33.0 Å². The molecule has 0 spiro atoms. The Morgan fingerprint density at radius 3 is 3.05 bits per heavy atom. The SMILES string of the molecule is O=C(Cc1cn2ccccc2n1)NC1CCCCC1CO. The molecular formula is C16H21N3O2. The summed E-state index contributed by atoms with van der Waals surface area (Å²) in [5.41, 5.74) is 1.63. The van der Waals surface area contributed by atoms with E-state index in [4.69, 9.17) is 0 Å². The first-order chi connectivity index (χ1) is 10.3. The van der Waals surface area contributed by atoms with Gasteiger partial charge in [-0.1, -0.05) is 18.9 Å². The number of nitrogens with zero attached hydrogens (tertiary/aromatic N) is 2. The quantitative estimate of drug-likeness (QED) is 0.896. The average molecular weight is 287 g/mol. The van der Waals surface area contributed by atoms with Gasteiger partial charge in [-0.05, 0) is 25.0 Å². The van der Waals surface area contributed by atoms with Crippen LogP contribution in [0.1, 0.15) is 31.4 Å². The fraction of sp³-hybridized carbons (Fsp3) is 0.500. The lowest BCUT2D eigenvalue weighted by molar-refractivity contribution is -0.121. The van der Waals surface area contributed by atoms with Crippen LogP contribution in [0.15, 0.2) is 30.6 Å². The normalized spacial score (nSPS) is 22.3. The number of imidazole rings is 1. The molecule has 0 bridgehead atoms. The lowest BCUT2D eigenvalue weighted by atomic mass is 9.85. The highest BCUT2D eigenvalue weighted by atomic mass is 16.3. The molecule has 3 rings (SSSR count). The van der Waals surface area contributed by atoms with Crippen molar-refractivity contribution in [1.82, 2.24) is 14.7 Å². The maximum absolute atomic E-state index is 12.2. The molecule has 2 heterocycles. The molecule has 2 N–H and O–H groups in total. The second-order valence-corrected chi connectivity index (χ2v) is 5.78. The number of fused-ring (bicyclic) bond motifs is 1. The number of hydrogen-bond donors (Lipinski definition) is 2. The van der Waals surface area contributed by atoms with Gasteiger partial charge in [-0.25, -0.2) is 4.98 Å². The van der Waals surface area contributed by atoms with Gasteiger partial charge in [0.2, 0.25) is 5.91 Å². The van der Waals surface area contributed by atoms with E-state index >= 15 is 0 Å². The van der Waals surface area contributed by atoms with Crippen molar-refractivity contribution in [3.05, 3.63) is 36.3 Å². The lowest BCUT2D eigenvalue weighted by Crippen LogP contribution is -2.44. The highest BCUT2D eigenvalue weighted by Crippen LogP contribution is 2.24. The minimum absolute atomic E-state index is 0.0104. The zero-order valence-corrected chi connectivity index (χ0v) is 12.0. The van der Waals surface area contributed by atoms with Crippen LogP contribution < -0.4 is 5.32 Å². The molecule has 1 fully saturated rings. The molecule has 0 aromatic carbocycles. The first-order valence-corrected chi connectivity index (χ1v) is 7.59. The van der Waals surface area contributed by atoms with Crippen LogP contribution in [0.25, 0.3) is 5.65 Å². The smallest absolute Gasteiger partial charge is 0.226 e. The van der Waals surface area contributed by atoms with Gasteiger partial charge in [0, 0.05) is 31.0 Å². The van der Waals surface area contributed by atoms with Crippen LogP contribution in [0.5, 0.6) is 0 Å². The highest BCUT2D eigenvalue weighted by Gasteiger charge is 2.25. The van der Waals surface area contributed by atoms with Crippen molar-refractivity contribution in [2.75, 3.05) is 6.61 Å². The molecule has 2 atom stereocenters. The largest absolute Gasteiger partial charge is 0.396 e. The summed E-state index contributed by atoms with van der Waals surface area (Å²) in [6, 6.07) is 5.89. The van der Waals surface area contributed by atoms with Crippen molar-refractivity contribution >= 4 is 11.6 Å². The Morgan fingerprint density at radius 2 is 2.24 bits per heavy atom. The predicted molar refractivity (Wildman–Crippen MR) is 79.9 cm³/mol. The molecule has 5 heteroatoms. The molecule has 2 unspecified atom stereocenters. The Bertz CT molecular complexity index is 590. The van der Waals surface area contributed by atoms with Crippen LogP contribution in [0, 0.1) is 5.92 Å². The van der Waals surface area contributed by atoms with Gasteiger partial charge in [-0.15, -0.1) is 0 Å². The summed E-state index contributed by atoms with van der Waals surface area (Å²) in [4.78, 5) is 16.6. The minimum atomic E-state index is -0.0104. The van der Waals surface area contributed by atoms with Crippen molar-refractivity contribution in [1.29, 1.82) is 0 Å². The average Bonchev–Trinajstić information content (AvgIpc) is 2.89. The van der Waals surface area contributed by atoms with Gasteiger partial charge >= 0.3 is 0 Å². The van der Waals surface area contributed by atoms with Gasteiger partial charge in [0.25, 0.3) is 0 Å². The number of aliphatic hydroxyl groups is 1. The molecule has 1 aliphatic carbocycles. The van der Waals surface area contributed by atoms with Gasteiger partial charge in [0.1, 0.15) is 5.65 Å². The fourth-order valence-electron chi connectivity index (χ4n) is 3.11. The van der Waals surface area contributed by atoms with E-state index in [1.165, 1.54) is 0 Å². The maximum Gasteiger partial charge on any atom is 0.226 e. The molecule has 2 aromatic heterocycles. The number of carbonyl (C=O) groups excluding carboxylic acids is 1. The van der Waals surface area contributed by atoms with E-state index in [0.717, 1.165) is 37.0 Å². The summed E-state index contributed by atoms with van der Waals surface area (Å²) >= 11 is 0. The molecule has 0 radical (unpaired) electrons. The third kappa shape index (κ3) is 3.24. The molecule has 1 aliphatic rings. The van der Waals surface area contributed by atoms with Crippen molar-refractivity contribution in [2.45, 2.75) is 38.1 Å². The molecule has 0 aliphatic heterocycles. The van der Waals surface area contributed by atoms with Crippen molar-refractivity contribution < 1.29 is 9.90 Å². The van der Waals surface area contributed by atoms with E-state index in [1.807, 2.05) is 35.0 Å². The standard InChI is InChI=1S/C16H21N3O2/c20-11-12-5-1-2-6-14(12)18-16(21)9-13-10-19-8-4-3-7-15(19)17-13/h3-4,7-8,10,12,14,20H,1-2,5-6,9,11H2,(H,18,21). The Balaban J connectivity index is 1.63. The number of aliphatic hydroxyl groups excluding tert-OH is 1. The van der Waals surface area contributed by atoms with Gasteiger partial charge in [-0.3, -0.25) is 4.79 Å². The number of nitrogens with one attached hydrogen (secondary N) is 1. The molecular weight excluding hydrogens is 266 g/mol. The van der Waals surface area contributed by atoms with E-state index in [2.05, 4.69) is 10.3 Å². The summed E-state index contributed by atoms with van der Waals surface area (Å²) in [7, 11) is 0. The van der Waals surface area contributed by atoms with E-state index in [9.17, 15) is 9.90 Å². The van der Waals surface area contributed by atoms with E-state index in [1.54, 1.807) is 0 Å². The third-order valence-electron chi connectivity index (χ3n) is 4.25. The van der Waals surface area contributed by atoms with Crippen LogP contribution in [0.2, 0.25) is 0 Å². The van der Waals surface area contributed by atoms with Gasteiger partial charge in [-0.2, -0.15) is 0 Å². The van der Waals surface area contributed by atoms with Crippen LogP contribution in [-0.2, 0) is 11.2 Å². The van der Waals surface area contributed by atoms with Crippen molar-refractivity contribution in [3.8, 4) is 0 Å². The van der Waals surface area contributed by atoms with Crippen LogP contribution in [0.4, 0.5) is 0 Å². The topological polar surface area (TPSA) is 66.6 Å². The molecule has 21 heavy (non-hydrogen) atoms. The van der Waals surface area contributed by atoms with Gasteiger partial charge in [0.05, 0.1) is 12.1 Å². The molecule has 0 saturated heterocycles. The highest BCUT2D eigenvalue weighted by molar-refractivity contribution is 5.78.